The lowest BCUT2D eigenvalue weighted by Crippen LogP contribution is -2.01. The second kappa shape index (κ2) is 4.31. The second-order valence-corrected chi connectivity index (χ2v) is 3.70. The highest BCUT2D eigenvalue weighted by Crippen LogP contribution is 2.26. The summed E-state index contributed by atoms with van der Waals surface area (Å²) in [7, 11) is 0. The van der Waals surface area contributed by atoms with E-state index in [9.17, 15) is 13.6 Å². The number of alkyl halides is 2. The van der Waals surface area contributed by atoms with Crippen LogP contribution in [0.2, 0.25) is 0 Å². The summed E-state index contributed by atoms with van der Waals surface area (Å²) in [6.45, 7) is 1.45. The summed E-state index contributed by atoms with van der Waals surface area (Å²) < 4.78 is 24.7. The zero-order valence-corrected chi connectivity index (χ0v) is 9.36. The topological polar surface area (TPSA) is 30.0 Å². The molecular formula is C8H5BrClF2NO. The van der Waals surface area contributed by atoms with E-state index in [2.05, 4.69) is 20.9 Å². The largest absolute Gasteiger partial charge is 0.280 e. The highest BCUT2D eigenvalue weighted by molar-refractivity contribution is 9.10. The Balaban J connectivity index is 3.31. The van der Waals surface area contributed by atoms with Crippen LogP contribution in [-0.4, -0.2) is 10.2 Å². The third-order valence-electron chi connectivity index (χ3n) is 1.62. The van der Waals surface area contributed by atoms with Crippen molar-refractivity contribution in [1.82, 2.24) is 4.98 Å². The van der Waals surface area contributed by atoms with Gasteiger partial charge in [0.25, 0.3) is 11.7 Å². The van der Waals surface area contributed by atoms with Gasteiger partial charge in [-0.05, 0) is 46.1 Å². The van der Waals surface area contributed by atoms with E-state index in [0.29, 0.717) is 0 Å². The summed E-state index contributed by atoms with van der Waals surface area (Å²) in [5, 5.41) is -0.728. The zero-order valence-electron chi connectivity index (χ0n) is 7.02. The third-order valence-corrected chi connectivity index (χ3v) is 2.43. The molecule has 1 rings (SSSR count). The predicted molar refractivity (Wildman–Crippen MR) is 51.8 cm³/mol. The fourth-order valence-electron chi connectivity index (χ4n) is 0.963. The van der Waals surface area contributed by atoms with Gasteiger partial charge < -0.3 is 0 Å². The quantitative estimate of drug-likeness (QED) is 0.615. The highest BCUT2D eigenvalue weighted by atomic mass is 79.9. The lowest BCUT2D eigenvalue weighted by Gasteiger charge is -2.06. The van der Waals surface area contributed by atoms with Crippen LogP contribution in [0.25, 0.3) is 0 Å². The van der Waals surface area contributed by atoms with Gasteiger partial charge in [0, 0.05) is 0 Å². The Morgan fingerprint density at radius 3 is 2.64 bits per heavy atom. The number of rotatable bonds is 2. The zero-order chi connectivity index (χ0) is 10.9. The minimum absolute atomic E-state index is 0.0402. The lowest BCUT2D eigenvalue weighted by molar-refractivity contribution is 0.107. The summed E-state index contributed by atoms with van der Waals surface area (Å²) in [5.41, 5.74) is -0.0145. The van der Waals surface area contributed by atoms with Crippen molar-refractivity contribution in [2.24, 2.45) is 0 Å². The minimum atomic E-state index is -2.66. The van der Waals surface area contributed by atoms with Crippen molar-refractivity contribution in [3.05, 3.63) is 27.5 Å². The van der Waals surface area contributed by atoms with Gasteiger partial charge in [-0.2, -0.15) is 0 Å². The van der Waals surface area contributed by atoms with E-state index in [0.717, 1.165) is 0 Å². The van der Waals surface area contributed by atoms with E-state index in [1.54, 1.807) is 0 Å². The van der Waals surface area contributed by atoms with Crippen molar-refractivity contribution >= 4 is 32.8 Å². The molecule has 0 spiro atoms. The summed E-state index contributed by atoms with van der Waals surface area (Å²) in [5.74, 6) is 0. The standard InChI is InChI=1S/C8H5BrClF2NO/c1-3-2-4(7(10)14)6(9)13-5(3)8(11)12/h2,8H,1H3. The normalized spacial score (nSPS) is 10.7. The monoisotopic (exact) mass is 283 g/mol. The SMILES string of the molecule is Cc1cc(C(=O)Cl)c(Br)nc1C(F)F. The number of carbonyl (C=O) groups excluding carboxylic acids is 1. The van der Waals surface area contributed by atoms with Crippen LogP contribution in [-0.2, 0) is 0 Å². The molecule has 2 nitrogen and oxygen atoms in total. The van der Waals surface area contributed by atoms with Crippen LogP contribution in [0.4, 0.5) is 8.78 Å². The summed E-state index contributed by atoms with van der Waals surface area (Å²) in [4.78, 5) is 14.4. The van der Waals surface area contributed by atoms with E-state index in [1.165, 1.54) is 13.0 Å². The van der Waals surface area contributed by atoms with Gasteiger partial charge in [0.2, 0.25) is 0 Å². The Kier molecular flexibility index (Phi) is 3.55. The number of nitrogens with zero attached hydrogens (tertiary/aromatic N) is 1. The van der Waals surface area contributed by atoms with Crippen molar-refractivity contribution in [1.29, 1.82) is 0 Å². The molecule has 0 fully saturated rings. The lowest BCUT2D eigenvalue weighted by atomic mass is 10.1. The van der Waals surface area contributed by atoms with E-state index in [-0.39, 0.29) is 21.4 Å². The first kappa shape index (κ1) is 11.5. The van der Waals surface area contributed by atoms with Crippen LogP contribution >= 0.6 is 27.5 Å². The first-order chi connectivity index (χ1) is 6.43. The average molecular weight is 284 g/mol. The third kappa shape index (κ3) is 2.27. The number of hydrogen-bond acceptors (Lipinski definition) is 2. The molecule has 0 N–H and O–H groups in total. The van der Waals surface area contributed by atoms with Gasteiger partial charge in [-0.15, -0.1) is 0 Å². The van der Waals surface area contributed by atoms with Crippen molar-refractivity contribution in [2.75, 3.05) is 0 Å². The van der Waals surface area contributed by atoms with Crippen LogP contribution in [0, 0.1) is 6.92 Å². The Morgan fingerprint density at radius 2 is 2.21 bits per heavy atom. The molecule has 0 saturated carbocycles. The van der Waals surface area contributed by atoms with E-state index in [1.807, 2.05) is 0 Å². The molecule has 76 valence electrons. The van der Waals surface area contributed by atoms with Gasteiger partial charge in [-0.3, -0.25) is 4.79 Å². The summed E-state index contributed by atoms with van der Waals surface area (Å²) in [6, 6.07) is 1.29. The van der Waals surface area contributed by atoms with Crippen molar-refractivity contribution in [3.8, 4) is 0 Å². The van der Waals surface area contributed by atoms with Crippen LogP contribution < -0.4 is 0 Å². The number of carbonyl (C=O) groups is 1. The molecule has 0 atom stereocenters. The molecule has 1 aromatic rings. The molecule has 0 radical (unpaired) electrons. The summed E-state index contributed by atoms with van der Waals surface area (Å²) >= 11 is 8.12. The maximum Gasteiger partial charge on any atom is 0.280 e. The van der Waals surface area contributed by atoms with E-state index >= 15 is 0 Å². The van der Waals surface area contributed by atoms with Gasteiger partial charge in [0.05, 0.1) is 5.56 Å². The molecule has 0 aliphatic heterocycles. The smallest absolute Gasteiger partial charge is 0.276 e. The molecule has 1 aromatic heterocycles. The molecule has 0 aromatic carbocycles. The predicted octanol–water partition coefficient (Wildman–Crippen LogP) is 3.47. The van der Waals surface area contributed by atoms with Gasteiger partial charge in [-0.1, -0.05) is 0 Å². The maximum absolute atomic E-state index is 12.3. The van der Waals surface area contributed by atoms with Gasteiger partial charge in [0.1, 0.15) is 10.3 Å². The Labute approximate surface area is 92.4 Å². The molecule has 0 amide bonds. The molecule has 0 unspecified atom stereocenters. The molecule has 6 heteroatoms. The number of halogens is 4. The molecule has 0 aliphatic rings. The van der Waals surface area contributed by atoms with Crippen LogP contribution in [0.15, 0.2) is 10.7 Å². The van der Waals surface area contributed by atoms with E-state index in [4.69, 9.17) is 11.6 Å². The molecular weight excluding hydrogens is 279 g/mol. The van der Waals surface area contributed by atoms with Crippen LogP contribution in [0.3, 0.4) is 0 Å². The fraction of sp³-hybridized carbons (Fsp3) is 0.250. The molecule has 0 saturated heterocycles. The maximum atomic E-state index is 12.3. The van der Waals surface area contributed by atoms with Crippen molar-refractivity contribution < 1.29 is 13.6 Å². The average Bonchev–Trinajstić information content (AvgIpc) is 2.07. The molecule has 0 bridgehead atoms. The summed E-state index contributed by atoms with van der Waals surface area (Å²) in [6.07, 6.45) is -2.66. The number of aromatic nitrogens is 1. The number of hydrogen-bond donors (Lipinski definition) is 0. The van der Waals surface area contributed by atoms with Crippen molar-refractivity contribution in [3.63, 3.8) is 0 Å². The van der Waals surface area contributed by atoms with Crippen LogP contribution in [0.5, 0.6) is 0 Å². The highest BCUT2D eigenvalue weighted by Gasteiger charge is 2.17. The Morgan fingerprint density at radius 1 is 1.64 bits per heavy atom. The minimum Gasteiger partial charge on any atom is -0.276 e. The van der Waals surface area contributed by atoms with Gasteiger partial charge >= 0.3 is 0 Å². The van der Waals surface area contributed by atoms with Gasteiger partial charge in [-0.25, -0.2) is 13.8 Å². The Hall–Kier alpha value is -0.550. The van der Waals surface area contributed by atoms with E-state index < -0.39 is 11.7 Å². The first-order valence-electron chi connectivity index (χ1n) is 3.58. The molecule has 1 heterocycles. The fourth-order valence-corrected chi connectivity index (χ4v) is 1.71. The number of pyridine rings is 1. The second-order valence-electron chi connectivity index (χ2n) is 2.60. The molecule has 0 aliphatic carbocycles. The van der Waals surface area contributed by atoms with Crippen LogP contribution in [0.1, 0.15) is 28.0 Å². The molecule has 14 heavy (non-hydrogen) atoms. The first-order valence-corrected chi connectivity index (χ1v) is 4.75. The van der Waals surface area contributed by atoms with Crippen molar-refractivity contribution in [2.45, 2.75) is 13.3 Å². The van der Waals surface area contributed by atoms with Gasteiger partial charge in [0.15, 0.2) is 0 Å². The number of aryl methyl sites for hydroxylation is 1. The Bertz CT molecular complexity index is 384.